The summed E-state index contributed by atoms with van der Waals surface area (Å²) in [6.07, 6.45) is 2.61. The highest BCUT2D eigenvalue weighted by molar-refractivity contribution is 7.99. The molecule has 4 aromatic rings. The number of nitrogens with zero attached hydrogens (tertiary/aromatic N) is 4. The van der Waals surface area contributed by atoms with E-state index in [1.165, 1.54) is 17.3 Å². The molecule has 0 fully saturated rings. The molecule has 0 radical (unpaired) electrons. The lowest BCUT2D eigenvalue weighted by atomic mass is 10.1. The Balaban J connectivity index is 1.50. The minimum atomic E-state index is -0.239. The predicted octanol–water partition coefficient (Wildman–Crippen LogP) is 4.76. The lowest BCUT2D eigenvalue weighted by Crippen LogP contribution is -2.20. The van der Waals surface area contributed by atoms with Crippen molar-refractivity contribution >= 4 is 23.9 Å². The van der Waals surface area contributed by atoms with Gasteiger partial charge >= 0.3 is 0 Å². The molecule has 3 aromatic carbocycles. The van der Waals surface area contributed by atoms with Gasteiger partial charge in [0, 0.05) is 11.3 Å². The molecule has 1 heterocycles. The lowest BCUT2D eigenvalue weighted by molar-refractivity contribution is -0.118. The molecule has 4 rings (SSSR count). The number of rotatable bonds is 10. The number of carbonyl (C=O) groups is 1. The average molecular weight is 502 g/mol. The fourth-order valence-corrected chi connectivity index (χ4v) is 4.18. The van der Waals surface area contributed by atoms with Gasteiger partial charge in [-0.3, -0.25) is 9.36 Å². The topological polar surface area (TPSA) is 90.6 Å². The molecule has 1 N–H and O–H groups in total. The molecule has 0 aliphatic heterocycles. The summed E-state index contributed by atoms with van der Waals surface area (Å²) in [4.78, 5) is 12.5. The van der Waals surface area contributed by atoms with Crippen molar-refractivity contribution in [3.63, 3.8) is 0 Å². The number of ether oxygens (including phenoxy) is 2. The Morgan fingerprint density at radius 1 is 0.944 bits per heavy atom. The maximum Gasteiger partial charge on any atom is 0.250 e. The van der Waals surface area contributed by atoms with Gasteiger partial charge in [0.1, 0.15) is 11.5 Å². The third kappa shape index (κ3) is 6.11. The summed E-state index contributed by atoms with van der Waals surface area (Å²) in [6, 6.07) is 23.2. The van der Waals surface area contributed by atoms with Crippen LogP contribution in [0.2, 0.25) is 0 Å². The molecule has 0 atom stereocenters. The molecule has 0 spiro atoms. The summed E-state index contributed by atoms with van der Waals surface area (Å²) in [5, 5.41) is 13.4. The number of thioether (sulfide) groups is 1. The fraction of sp³-hybridized carbons (Fsp3) is 0.185. The highest BCUT2D eigenvalue weighted by atomic mass is 32.2. The SMILES string of the molecule is CCc1ccc(/C=N\NC(=O)CSc2nnc(-c3ccc(OC)cc3)n2-c2ccc(OC)cc2)cc1. The van der Waals surface area contributed by atoms with E-state index in [0.29, 0.717) is 11.0 Å². The number of aromatic nitrogens is 3. The normalized spacial score (nSPS) is 11.0. The second-order valence-corrected chi connectivity index (χ2v) is 8.69. The van der Waals surface area contributed by atoms with Gasteiger partial charge in [0.05, 0.1) is 26.2 Å². The number of carbonyl (C=O) groups excluding carboxylic acids is 1. The first-order chi connectivity index (χ1) is 17.6. The molecule has 0 saturated carbocycles. The first-order valence-corrected chi connectivity index (χ1v) is 12.4. The van der Waals surface area contributed by atoms with Crippen molar-refractivity contribution in [3.05, 3.63) is 83.9 Å². The van der Waals surface area contributed by atoms with Gasteiger partial charge in [0.2, 0.25) is 0 Å². The number of hydrogen-bond acceptors (Lipinski definition) is 7. The van der Waals surface area contributed by atoms with Gasteiger partial charge in [0.15, 0.2) is 11.0 Å². The highest BCUT2D eigenvalue weighted by Gasteiger charge is 2.17. The number of aryl methyl sites for hydroxylation is 1. The summed E-state index contributed by atoms with van der Waals surface area (Å²) in [5.41, 5.74) is 6.47. The molecule has 0 unspecified atom stereocenters. The number of methoxy groups -OCH3 is 2. The number of hydrazone groups is 1. The molecule has 36 heavy (non-hydrogen) atoms. The maximum absolute atomic E-state index is 12.5. The minimum absolute atomic E-state index is 0.128. The Bertz CT molecular complexity index is 1320. The second kappa shape index (κ2) is 12.0. The summed E-state index contributed by atoms with van der Waals surface area (Å²) < 4.78 is 12.5. The Kier molecular flexibility index (Phi) is 8.36. The van der Waals surface area contributed by atoms with Gasteiger partial charge in [-0.05, 0) is 66.1 Å². The zero-order chi connectivity index (χ0) is 25.3. The van der Waals surface area contributed by atoms with E-state index in [1.807, 2.05) is 77.4 Å². The molecule has 1 aromatic heterocycles. The summed E-state index contributed by atoms with van der Waals surface area (Å²) in [5.74, 6) is 2.04. The van der Waals surface area contributed by atoms with E-state index in [2.05, 4.69) is 27.6 Å². The maximum atomic E-state index is 12.5. The van der Waals surface area contributed by atoms with E-state index in [0.717, 1.165) is 34.7 Å². The molecule has 9 heteroatoms. The zero-order valence-corrected chi connectivity index (χ0v) is 21.2. The van der Waals surface area contributed by atoms with Crippen LogP contribution in [0.5, 0.6) is 11.5 Å². The van der Waals surface area contributed by atoms with Gasteiger partial charge in [-0.15, -0.1) is 10.2 Å². The van der Waals surface area contributed by atoms with Crippen molar-refractivity contribution < 1.29 is 14.3 Å². The standard InChI is InChI=1S/C27H27N5O3S/c1-4-19-5-7-20(8-6-19)17-28-29-25(33)18-36-27-31-30-26(21-9-13-23(34-2)14-10-21)32(27)22-11-15-24(35-3)16-12-22/h5-17H,4,18H2,1-3H3,(H,29,33)/b28-17-. The molecule has 0 bridgehead atoms. The van der Waals surface area contributed by atoms with E-state index in [4.69, 9.17) is 9.47 Å². The van der Waals surface area contributed by atoms with Crippen molar-refractivity contribution in [2.75, 3.05) is 20.0 Å². The van der Waals surface area contributed by atoms with Crippen LogP contribution in [0.4, 0.5) is 0 Å². The molecule has 184 valence electrons. The lowest BCUT2D eigenvalue weighted by Gasteiger charge is -2.11. The Morgan fingerprint density at radius 3 is 2.19 bits per heavy atom. The van der Waals surface area contributed by atoms with Crippen molar-refractivity contribution in [2.24, 2.45) is 5.10 Å². The summed E-state index contributed by atoms with van der Waals surface area (Å²) in [7, 11) is 3.25. The molecule has 0 aliphatic rings. The van der Waals surface area contributed by atoms with Crippen molar-refractivity contribution in [2.45, 2.75) is 18.5 Å². The predicted molar refractivity (Wildman–Crippen MR) is 142 cm³/mol. The zero-order valence-electron chi connectivity index (χ0n) is 20.3. The number of benzene rings is 3. The summed E-state index contributed by atoms with van der Waals surface area (Å²) >= 11 is 1.28. The number of amides is 1. The van der Waals surface area contributed by atoms with Gasteiger partial charge in [-0.1, -0.05) is 43.0 Å². The Morgan fingerprint density at radius 2 is 1.58 bits per heavy atom. The van der Waals surface area contributed by atoms with E-state index in [-0.39, 0.29) is 11.7 Å². The molecular weight excluding hydrogens is 474 g/mol. The van der Waals surface area contributed by atoms with Gasteiger partial charge in [0.25, 0.3) is 5.91 Å². The van der Waals surface area contributed by atoms with Crippen LogP contribution in [0.3, 0.4) is 0 Å². The average Bonchev–Trinajstić information content (AvgIpc) is 3.36. The van der Waals surface area contributed by atoms with Crippen LogP contribution in [0.25, 0.3) is 17.1 Å². The van der Waals surface area contributed by atoms with Gasteiger partial charge < -0.3 is 9.47 Å². The van der Waals surface area contributed by atoms with Crippen LogP contribution in [0, 0.1) is 0 Å². The third-order valence-corrected chi connectivity index (χ3v) is 6.36. The van der Waals surface area contributed by atoms with Crippen LogP contribution in [-0.2, 0) is 11.2 Å². The first kappa shape index (κ1) is 25.0. The van der Waals surface area contributed by atoms with Crippen LogP contribution in [0.1, 0.15) is 18.1 Å². The van der Waals surface area contributed by atoms with Gasteiger partial charge in [-0.2, -0.15) is 5.10 Å². The number of hydrogen-bond donors (Lipinski definition) is 1. The monoisotopic (exact) mass is 501 g/mol. The first-order valence-electron chi connectivity index (χ1n) is 11.4. The highest BCUT2D eigenvalue weighted by Crippen LogP contribution is 2.29. The van der Waals surface area contributed by atoms with Crippen molar-refractivity contribution in [3.8, 4) is 28.6 Å². The Hall–Kier alpha value is -4.11. The minimum Gasteiger partial charge on any atom is -0.497 e. The van der Waals surface area contributed by atoms with Crippen LogP contribution in [-0.4, -0.2) is 46.9 Å². The smallest absolute Gasteiger partial charge is 0.250 e. The largest absolute Gasteiger partial charge is 0.497 e. The van der Waals surface area contributed by atoms with Gasteiger partial charge in [-0.25, -0.2) is 5.43 Å². The van der Waals surface area contributed by atoms with E-state index in [1.54, 1.807) is 20.4 Å². The number of nitrogens with one attached hydrogen (secondary N) is 1. The van der Waals surface area contributed by atoms with E-state index < -0.39 is 0 Å². The molecule has 8 nitrogen and oxygen atoms in total. The van der Waals surface area contributed by atoms with E-state index >= 15 is 0 Å². The molecular formula is C27H27N5O3S. The molecule has 0 saturated heterocycles. The van der Waals surface area contributed by atoms with Crippen LogP contribution < -0.4 is 14.9 Å². The summed E-state index contributed by atoms with van der Waals surface area (Å²) in [6.45, 7) is 2.11. The quantitative estimate of drug-likeness (QED) is 0.191. The van der Waals surface area contributed by atoms with Crippen LogP contribution >= 0.6 is 11.8 Å². The molecule has 0 aliphatic carbocycles. The third-order valence-electron chi connectivity index (χ3n) is 5.44. The molecule has 1 amide bonds. The second-order valence-electron chi connectivity index (χ2n) is 7.75. The van der Waals surface area contributed by atoms with Crippen LogP contribution in [0.15, 0.2) is 83.1 Å². The Labute approximate surface area is 214 Å². The fourth-order valence-electron chi connectivity index (χ4n) is 3.44. The van der Waals surface area contributed by atoms with E-state index in [9.17, 15) is 4.79 Å². The van der Waals surface area contributed by atoms with Crippen molar-refractivity contribution in [1.29, 1.82) is 0 Å². The van der Waals surface area contributed by atoms with Crippen molar-refractivity contribution in [1.82, 2.24) is 20.2 Å².